The van der Waals surface area contributed by atoms with Crippen LogP contribution < -0.4 is 5.32 Å². The number of hydrogen-bond acceptors (Lipinski definition) is 4. The SMILES string of the molecule is O=C(NC1(C(=O)O)CCOC1)c1cnn2ccccc12. The van der Waals surface area contributed by atoms with Gasteiger partial charge in [-0.25, -0.2) is 9.31 Å². The van der Waals surface area contributed by atoms with Crippen molar-refractivity contribution >= 4 is 17.4 Å². The zero-order chi connectivity index (χ0) is 14.2. The Morgan fingerprint density at radius 3 is 3.00 bits per heavy atom. The Hall–Kier alpha value is -2.41. The number of aliphatic carboxylic acids is 1. The number of pyridine rings is 1. The Morgan fingerprint density at radius 2 is 2.30 bits per heavy atom. The second-order valence-electron chi connectivity index (χ2n) is 4.73. The minimum Gasteiger partial charge on any atom is -0.479 e. The largest absolute Gasteiger partial charge is 0.479 e. The predicted octanol–water partition coefficient (Wildman–Crippen LogP) is 0.308. The molecule has 3 heterocycles. The van der Waals surface area contributed by atoms with E-state index in [1.807, 2.05) is 0 Å². The zero-order valence-electron chi connectivity index (χ0n) is 10.6. The summed E-state index contributed by atoms with van der Waals surface area (Å²) in [5.41, 5.74) is -0.372. The van der Waals surface area contributed by atoms with Gasteiger partial charge in [-0.2, -0.15) is 5.10 Å². The second kappa shape index (κ2) is 4.61. The molecule has 1 atom stereocenters. The third-order valence-corrected chi connectivity index (χ3v) is 3.45. The number of aromatic nitrogens is 2. The Bertz CT molecular complexity index is 673. The van der Waals surface area contributed by atoms with Crippen LogP contribution in [0.2, 0.25) is 0 Å². The summed E-state index contributed by atoms with van der Waals surface area (Å²) in [5.74, 6) is -1.54. The van der Waals surface area contributed by atoms with E-state index in [1.54, 1.807) is 28.9 Å². The summed E-state index contributed by atoms with van der Waals surface area (Å²) in [6.07, 6.45) is 3.40. The van der Waals surface area contributed by atoms with Gasteiger partial charge in [-0.1, -0.05) is 6.07 Å². The Morgan fingerprint density at radius 1 is 1.45 bits per heavy atom. The average molecular weight is 275 g/mol. The monoisotopic (exact) mass is 275 g/mol. The van der Waals surface area contributed by atoms with Crippen molar-refractivity contribution in [2.45, 2.75) is 12.0 Å². The first kappa shape index (κ1) is 12.6. The first-order valence-corrected chi connectivity index (χ1v) is 6.18. The van der Waals surface area contributed by atoms with Crippen molar-refractivity contribution in [3.63, 3.8) is 0 Å². The van der Waals surface area contributed by atoms with E-state index in [9.17, 15) is 14.7 Å². The number of hydrogen-bond donors (Lipinski definition) is 2. The number of carbonyl (C=O) groups is 2. The molecule has 1 saturated heterocycles. The summed E-state index contributed by atoms with van der Waals surface area (Å²) >= 11 is 0. The third kappa shape index (κ3) is 1.92. The van der Waals surface area contributed by atoms with Gasteiger partial charge in [0.25, 0.3) is 5.91 Å². The average Bonchev–Trinajstić information content (AvgIpc) is 3.05. The van der Waals surface area contributed by atoms with Crippen molar-refractivity contribution in [2.24, 2.45) is 0 Å². The smallest absolute Gasteiger partial charge is 0.331 e. The molecule has 0 spiro atoms. The molecule has 0 radical (unpaired) electrons. The molecule has 0 aromatic carbocycles. The molecule has 1 unspecified atom stereocenters. The Labute approximate surface area is 114 Å². The highest BCUT2D eigenvalue weighted by Gasteiger charge is 2.44. The molecule has 104 valence electrons. The number of rotatable bonds is 3. The summed E-state index contributed by atoms with van der Waals surface area (Å²) in [7, 11) is 0. The molecule has 1 aliphatic rings. The van der Waals surface area contributed by atoms with E-state index in [2.05, 4.69) is 10.4 Å². The van der Waals surface area contributed by atoms with Crippen LogP contribution in [0, 0.1) is 0 Å². The van der Waals surface area contributed by atoms with Crippen LogP contribution in [-0.4, -0.2) is 45.3 Å². The lowest BCUT2D eigenvalue weighted by molar-refractivity contribution is -0.144. The molecule has 1 aliphatic heterocycles. The van der Waals surface area contributed by atoms with Crippen molar-refractivity contribution in [2.75, 3.05) is 13.2 Å². The van der Waals surface area contributed by atoms with Crippen LogP contribution in [0.25, 0.3) is 5.52 Å². The maximum atomic E-state index is 12.3. The lowest BCUT2D eigenvalue weighted by Gasteiger charge is -2.23. The molecule has 0 aliphatic carbocycles. The number of fused-ring (bicyclic) bond motifs is 1. The van der Waals surface area contributed by atoms with Crippen LogP contribution in [0.1, 0.15) is 16.8 Å². The minimum absolute atomic E-state index is 0.0205. The van der Waals surface area contributed by atoms with Crippen LogP contribution in [0.4, 0.5) is 0 Å². The third-order valence-electron chi connectivity index (χ3n) is 3.45. The predicted molar refractivity (Wildman–Crippen MR) is 68.5 cm³/mol. The van der Waals surface area contributed by atoms with Crippen LogP contribution in [0.5, 0.6) is 0 Å². The molecular weight excluding hydrogens is 262 g/mol. The zero-order valence-corrected chi connectivity index (χ0v) is 10.6. The molecule has 2 aromatic rings. The standard InChI is InChI=1S/C13H13N3O4/c17-11(15-13(12(18)19)4-6-20-8-13)9-7-14-16-5-2-1-3-10(9)16/h1-3,5,7H,4,6,8H2,(H,15,17)(H,18,19). The fraction of sp³-hybridized carbons (Fsp3) is 0.308. The van der Waals surface area contributed by atoms with E-state index < -0.39 is 17.4 Å². The minimum atomic E-state index is -1.35. The summed E-state index contributed by atoms with van der Waals surface area (Å²) < 4.78 is 6.67. The maximum absolute atomic E-state index is 12.3. The van der Waals surface area contributed by atoms with Crippen LogP contribution in [-0.2, 0) is 9.53 Å². The van der Waals surface area contributed by atoms with Gasteiger partial charge in [0, 0.05) is 19.2 Å². The number of carboxylic acid groups (broad SMARTS) is 1. The molecule has 3 rings (SSSR count). The molecule has 1 amide bonds. The van der Waals surface area contributed by atoms with Gasteiger partial charge in [-0.3, -0.25) is 4.79 Å². The van der Waals surface area contributed by atoms with E-state index in [0.717, 1.165) is 0 Å². The lowest BCUT2D eigenvalue weighted by Crippen LogP contribution is -2.55. The molecule has 20 heavy (non-hydrogen) atoms. The molecule has 7 heteroatoms. The second-order valence-corrected chi connectivity index (χ2v) is 4.73. The van der Waals surface area contributed by atoms with E-state index in [1.165, 1.54) is 6.20 Å². The molecular formula is C13H13N3O4. The number of carboxylic acids is 1. The highest BCUT2D eigenvalue weighted by atomic mass is 16.5. The fourth-order valence-corrected chi connectivity index (χ4v) is 2.28. The van der Waals surface area contributed by atoms with E-state index in [4.69, 9.17) is 4.74 Å². The first-order valence-electron chi connectivity index (χ1n) is 6.18. The number of nitrogens with one attached hydrogen (secondary N) is 1. The van der Waals surface area contributed by atoms with E-state index in [-0.39, 0.29) is 13.0 Å². The van der Waals surface area contributed by atoms with Crippen molar-refractivity contribution in [3.8, 4) is 0 Å². The van der Waals surface area contributed by atoms with Crippen LogP contribution in [0.15, 0.2) is 30.6 Å². The molecule has 1 fully saturated rings. The Balaban J connectivity index is 1.91. The van der Waals surface area contributed by atoms with Crippen molar-refractivity contribution < 1.29 is 19.4 Å². The molecule has 2 aromatic heterocycles. The van der Waals surface area contributed by atoms with Gasteiger partial charge in [-0.15, -0.1) is 0 Å². The van der Waals surface area contributed by atoms with Crippen LogP contribution in [0.3, 0.4) is 0 Å². The van der Waals surface area contributed by atoms with E-state index in [0.29, 0.717) is 17.7 Å². The summed E-state index contributed by atoms with van der Waals surface area (Å²) in [4.78, 5) is 23.7. The normalized spacial score (nSPS) is 22.0. The molecule has 0 saturated carbocycles. The van der Waals surface area contributed by atoms with Gasteiger partial charge in [-0.05, 0) is 12.1 Å². The first-order chi connectivity index (χ1) is 9.62. The van der Waals surface area contributed by atoms with Gasteiger partial charge in [0.2, 0.25) is 0 Å². The van der Waals surface area contributed by atoms with Gasteiger partial charge < -0.3 is 15.2 Å². The highest BCUT2D eigenvalue weighted by Crippen LogP contribution is 2.20. The molecule has 0 bridgehead atoms. The summed E-state index contributed by atoms with van der Waals surface area (Å²) in [5, 5.41) is 15.9. The van der Waals surface area contributed by atoms with Crippen molar-refractivity contribution in [1.82, 2.24) is 14.9 Å². The van der Waals surface area contributed by atoms with Gasteiger partial charge in [0.05, 0.1) is 23.9 Å². The van der Waals surface area contributed by atoms with Gasteiger partial charge >= 0.3 is 5.97 Å². The number of ether oxygens (including phenoxy) is 1. The number of nitrogens with zero attached hydrogens (tertiary/aromatic N) is 2. The quantitative estimate of drug-likeness (QED) is 0.840. The maximum Gasteiger partial charge on any atom is 0.331 e. The van der Waals surface area contributed by atoms with Gasteiger partial charge in [0.15, 0.2) is 5.54 Å². The highest BCUT2D eigenvalue weighted by molar-refractivity contribution is 6.03. The molecule has 2 N–H and O–H groups in total. The lowest BCUT2D eigenvalue weighted by atomic mass is 9.98. The summed E-state index contributed by atoms with van der Waals surface area (Å²) in [6, 6.07) is 5.34. The van der Waals surface area contributed by atoms with Crippen molar-refractivity contribution in [3.05, 3.63) is 36.2 Å². The summed E-state index contributed by atoms with van der Waals surface area (Å²) in [6.45, 7) is 0.300. The fourth-order valence-electron chi connectivity index (χ4n) is 2.28. The number of amides is 1. The van der Waals surface area contributed by atoms with Crippen molar-refractivity contribution in [1.29, 1.82) is 0 Å². The molecule has 7 nitrogen and oxygen atoms in total. The Kier molecular flexibility index (Phi) is 2.90. The topological polar surface area (TPSA) is 92.9 Å². The number of carbonyl (C=O) groups excluding carboxylic acids is 1. The van der Waals surface area contributed by atoms with Crippen LogP contribution >= 0.6 is 0 Å². The van der Waals surface area contributed by atoms with E-state index >= 15 is 0 Å². The van der Waals surface area contributed by atoms with Gasteiger partial charge in [0.1, 0.15) is 0 Å².